The lowest BCUT2D eigenvalue weighted by Gasteiger charge is -2.22. The number of nitrogens with zero attached hydrogens (tertiary/aromatic N) is 3. The number of hydrogen-bond acceptors (Lipinski definition) is 7. The largest absolute Gasteiger partial charge is 0.480 e. The van der Waals surface area contributed by atoms with Gasteiger partial charge in [0.25, 0.3) is 0 Å². The fourth-order valence-corrected chi connectivity index (χ4v) is 2.39. The van der Waals surface area contributed by atoms with Crippen LogP contribution in [0.1, 0.15) is 25.3 Å². The van der Waals surface area contributed by atoms with Gasteiger partial charge in [0, 0.05) is 6.54 Å². The van der Waals surface area contributed by atoms with Crippen molar-refractivity contribution in [1.29, 1.82) is 0 Å². The third kappa shape index (κ3) is 8.00. The van der Waals surface area contributed by atoms with Crippen LogP contribution in [-0.2, 0) is 20.9 Å². The maximum atomic E-state index is 12.5. The Kier molecular flexibility index (Phi) is 9.52. The predicted molar refractivity (Wildman–Crippen MR) is 104 cm³/mol. The number of aliphatic imine (C=N–C) groups is 1. The third-order valence-electron chi connectivity index (χ3n) is 3.83. The maximum Gasteiger partial charge on any atom is 0.408 e. The number of carboxylic acids is 1. The zero-order valence-electron chi connectivity index (χ0n) is 16.3. The van der Waals surface area contributed by atoms with E-state index >= 15 is 0 Å². The lowest BCUT2D eigenvalue weighted by molar-refractivity contribution is -0.640. The molecule has 0 unspecified atom stereocenters. The van der Waals surface area contributed by atoms with Gasteiger partial charge in [-0.2, -0.15) is 0 Å². The average Bonchev–Trinajstić information content (AvgIpc) is 2.68. The van der Waals surface area contributed by atoms with Gasteiger partial charge in [0.15, 0.2) is 17.0 Å². The number of hydrazine groups is 1. The standard InChI is InChI=1S/C17H24N6O7/c1-11(21-17(27)30-10-12-6-3-2-4-7-12)14(24)22(23(28)29)13(15(25)26)8-5-9-20-16(18)19/h2-4,6-7,11,13H,5,8-10H2,1H3,(H,21,27)(H,25,26)(H4,18,19,20)/t11-,13-/m0/s1. The van der Waals surface area contributed by atoms with Crippen LogP contribution in [-0.4, -0.2) is 57.7 Å². The normalized spacial score (nSPS) is 12.2. The summed E-state index contributed by atoms with van der Waals surface area (Å²) < 4.78 is 4.95. The molecule has 0 spiro atoms. The highest BCUT2D eigenvalue weighted by atomic mass is 16.7. The molecule has 0 radical (unpaired) electrons. The lowest BCUT2D eigenvalue weighted by atomic mass is 10.1. The molecule has 30 heavy (non-hydrogen) atoms. The van der Waals surface area contributed by atoms with E-state index in [9.17, 15) is 29.6 Å². The minimum atomic E-state index is -1.77. The molecule has 1 aromatic rings. The first-order valence-corrected chi connectivity index (χ1v) is 8.86. The van der Waals surface area contributed by atoms with Crippen LogP contribution in [0.2, 0.25) is 0 Å². The van der Waals surface area contributed by atoms with E-state index in [1.54, 1.807) is 30.3 Å². The number of ether oxygens (including phenoxy) is 1. The second-order valence-corrected chi connectivity index (χ2v) is 6.15. The summed E-state index contributed by atoms with van der Waals surface area (Å²) in [5, 5.41) is 21.7. The van der Waals surface area contributed by atoms with Gasteiger partial charge in [-0.15, -0.1) is 0 Å². The number of nitrogens with one attached hydrogen (secondary N) is 1. The number of benzene rings is 1. The van der Waals surface area contributed by atoms with Crippen molar-refractivity contribution >= 4 is 23.9 Å². The van der Waals surface area contributed by atoms with E-state index in [-0.39, 0.29) is 37.0 Å². The predicted octanol–water partition coefficient (Wildman–Crippen LogP) is -0.172. The van der Waals surface area contributed by atoms with Crippen molar-refractivity contribution in [2.75, 3.05) is 6.54 Å². The topological polar surface area (TPSA) is 203 Å². The van der Waals surface area contributed by atoms with E-state index in [0.29, 0.717) is 5.56 Å². The first-order chi connectivity index (χ1) is 14.1. The Morgan fingerprint density at radius 1 is 1.30 bits per heavy atom. The van der Waals surface area contributed by atoms with E-state index in [2.05, 4.69) is 10.3 Å². The maximum absolute atomic E-state index is 12.5. The second kappa shape index (κ2) is 11.8. The number of carbonyl (C=O) groups excluding carboxylic acids is 2. The monoisotopic (exact) mass is 424 g/mol. The van der Waals surface area contributed by atoms with Gasteiger partial charge in [0.2, 0.25) is 0 Å². The van der Waals surface area contributed by atoms with Crippen molar-refractivity contribution in [1.82, 2.24) is 10.3 Å². The highest BCUT2D eigenvalue weighted by Crippen LogP contribution is 2.11. The quantitative estimate of drug-likeness (QED) is 0.122. The van der Waals surface area contributed by atoms with Gasteiger partial charge in [-0.3, -0.25) is 9.79 Å². The highest BCUT2D eigenvalue weighted by Gasteiger charge is 2.41. The minimum absolute atomic E-state index is 0.0278. The summed E-state index contributed by atoms with van der Waals surface area (Å²) in [5.74, 6) is -3.01. The van der Waals surface area contributed by atoms with Crippen molar-refractivity contribution in [3.05, 3.63) is 46.0 Å². The van der Waals surface area contributed by atoms with Gasteiger partial charge in [-0.25, -0.2) is 19.7 Å². The van der Waals surface area contributed by atoms with Gasteiger partial charge in [0.05, 0.1) is 0 Å². The van der Waals surface area contributed by atoms with Crippen LogP contribution in [0, 0.1) is 10.1 Å². The third-order valence-corrected chi connectivity index (χ3v) is 3.83. The number of nitrogens with two attached hydrogens (primary N) is 2. The van der Waals surface area contributed by atoms with Gasteiger partial charge in [0.1, 0.15) is 12.6 Å². The van der Waals surface area contributed by atoms with Gasteiger partial charge < -0.3 is 26.6 Å². The van der Waals surface area contributed by atoms with E-state index < -0.39 is 35.1 Å². The molecule has 164 valence electrons. The second-order valence-electron chi connectivity index (χ2n) is 6.15. The van der Waals surface area contributed by atoms with Crippen LogP contribution >= 0.6 is 0 Å². The number of amides is 2. The van der Waals surface area contributed by atoms with Crippen molar-refractivity contribution in [3.8, 4) is 0 Å². The van der Waals surface area contributed by atoms with Crippen LogP contribution in [0.4, 0.5) is 4.79 Å². The van der Waals surface area contributed by atoms with Crippen LogP contribution in [0.15, 0.2) is 35.3 Å². The molecule has 0 aliphatic carbocycles. The smallest absolute Gasteiger partial charge is 0.408 e. The summed E-state index contributed by atoms with van der Waals surface area (Å²) >= 11 is 0. The van der Waals surface area contributed by atoms with Crippen LogP contribution < -0.4 is 16.8 Å². The number of nitro groups is 1. The van der Waals surface area contributed by atoms with E-state index in [1.807, 2.05) is 0 Å². The van der Waals surface area contributed by atoms with Crippen LogP contribution in [0.5, 0.6) is 0 Å². The van der Waals surface area contributed by atoms with E-state index in [4.69, 9.17) is 16.2 Å². The molecule has 1 aromatic carbocycles. The molecule has 0 heterocycles. The zero-order valence-corrected chi connectivity index (χ0v) is 16.3. The Morgan fingerprint density at radius 3 is 2.47 bits per heavy atom. The highest BCUT2D eigenvalue weighted by molar-refractivity contribution is 5.88. The van der Waals surface area contributed by atoms with Crippen molar-refractivity contribution in [2.45, 2.75) is 38.5 Å². The van der Waals surface area contributed by atoms with Crippen LogP contribution in [0.25, 0.3) is 0 Å². The first kappa shape index (κ1) is 24.1. The Morgan fingerprint density at radius 2 is 1.93 bits per heavy atom. The van der Waals surface area contributed by atoms with Crippen LogP contribution in [0.3, 0.4) is 0 Å². The summed E-state index contributed by atoms with van der Waals surface area (Å²) in [7, 11) is 0. The van der Waals surface area contributed by atoms with Crippen molar-refractivity contribution < 1.29 is 29.3 Å². The molecule has 1 rings (SSSR count). The fraction of sp³-hybridized carbons (Fsp3) is 0.412. The van der Waals surface area contributed by atoms with E-state index in [0.717, 1.165) is 0 Å². The summed E-state index contributed by atoms with van der Waals surface area (Å²) in [4.78, 5) is 50.8. The summed E-state index contributed by atoms with van der Waals surface area (Å²) in [6, 6.07) is 5.54. The molecular weight excluding hydrogens is 400 g/mol. The number of carbonyl (C=O) groups is 3. The number of aliphatic carboxylic acids is 1. The molecule has 0 aromatic heterocycles. The number of guanidine groups is 1. The molecule has 2 atom stereocenters. The Bertz CT molecular complexity index is 782. The average molecular weight is 424 g/mol. The Hall–Kier alpha value is -3.90. The molecule has 0 saturated carbocycles. The minimum Gasteiger partial charge on any atom is -0.480 e. The molecule has 2 amide bonds. The molecule has 13 heteroatoms. The number of rotatable bonds is 11. The molecule has 0 bridgehead atoms. The number of carboxylic acid groups (broad SMARTS) is 1. The summed E-state index contributed by atoms with van der Waals surface area (Å²) in [6.07, 6.45) is -1.18. The molecule has 0 saturated heterocycles. The Labute approximate surface area is 171 Å². The SMILES string of the molecule is C[C@H](NC(=O)OCc1ccccc1)C(=O)N([C@@H](CCCN=C(N)N)C(=O)O)[N+](=O)[O-]. The van der Waals surface area contributed by atoms with Gasteiger partial charge >= 0.3 is 18.0 Å². The molecule has 0 fully saturated rings. The summed E-state index contributed by atoms with van der Waals surface area (Å²) in [5.41, 5.74) is 11.0. The van der Waals surface area contributed by atoms with E-state index in [1.165, 1.54) is 6.92 Å². The molecule has 0 aliphatic rings. The summed E-state index contributed by atoms with van der Waals surface area (Å²) in [6.45, 7) is 1.14. The fourth-order valence-electron chi connectivity index (χ4n) is 2.39. The molecule has 0 aliphatic heterocycles. The van der Waals surface area contributed by atoms with Gasteiger partial charge in [-0.1, -0.05) is 30.3 Å². The number of alkyl carbamates (subject to hydrolysis) is 1. The molecule has 6 N–H and O–H groups in total. The zero-order chi connectivity index (χ0) is 22.7. The van der Waals surface area contributed by atoms with Gasteiger partial charge in [-0.05, 0) is 30.3 Å². The Balaban J connectivity index is 2.74. The molecular formula is C17H24N6O7. The molecule has 13 nitrogen and oxygen atoms in total. The number of hydrogen-bond donors (Lipinski definition) is 4. The lowest BCUT2D eigenvalue weighted by Crippen LogP contribution is -2.55. The first-order valence-electron chi connectivity index (χ1n) is 8.86. The van der Waals surface area contributed by atoms with Crippen molar-refractivity contribution in [3.63, 3.8) is 0 Å². The van der Waals surface area contributed by atoms with Crippen molar-refractivity contribution in [2.24, 2.45) is 16.5 Å².